The van der Waals surface area contributed by atoms with Crippen LogP contribution in [-0.4, -0.2) is 27.3 Å². The van der Waals surface area contributed by atoms with Crippen LogP contribution < -0.4 is 17.0 Å². The summed E-state index contributed by atoms with van der Waals surface area (Å²) in [6.45, 7) is 0. The minimum atomic E-state index is 0.0988. The van der Waals surface area contributed by atoms with Gasteiger partial charge in [-0.25, -0.2) is 0 Å². The molecule has 0 bridgehead atoms. The fourth-order valence-corrected chi connectivity index (χ4v) is 1.04. The molecule has 0 radical (unpaired) electrons. The second kappa shape index (κ2) is 3.85. The molecule has 0 aromatic carbocycles. The molecule has 0 saturated carbocycles. The standard InChI is InChI=1S/C8H9N7O/c9-7-6(8(10)14-13-7)12-11-5-3-1-2-4-15(5)16/h1-4,16H,(H4,9,10,12,13,14)/b11-5+. The molecule has 1 aromatic heterocycles. The smallest absolute Gasteiger partial charge is 0.189 e. The summed E-state index contributed by atoms with van der Waals surface area (Å²) in [5.41, 5.74) is 11.4. The lowest BCUT2D eigenvalue weighted by atomic mass is 10.3. The number of aromatic nitrogens is 1. The summed E-state index contributed by atoms with van der Waals surface area (Å²) in [5.74, 6) is 0.198. The molecule has 0 amide bonds. The third-order valence-electron chi connectivity index (χ3n) is 1.82. The van der Waals surface area contributed by atoms with Crippen LogP contribution in [0.5, 0.6) is 0 Å². The summed E-state index contributed by atoms with van der Waals surface area (Å²) < 4.78 is 0.819. The van der Waals surface area contributed by atoms with Crippen molar-refractivity contribution < 1.29 is 5.21 Å². The van der Waals surface area contributed by atoms with Crippen LogP contribution in [0.1, 0.15) is 0 Å². The maximum absolute atomic E-state index is 9.35. The lowest BCUT2D eigenvalue weighted by Gasteiger charge is -1.95. The average molecular weight is 219 g/mol. The van der Waals surface area contributed by atoms with Crippen molar-refractivity contribution in [2.24, 2.45) is 31.9 Å². The zero-order valence-electron chi connectivity index (χ0n) is 8.15. The van der Waals surface area contributed by atoms with Gasteiger partial charge < -0.3 is 16.7 Å². The number of nitrogens with two attached hydrogens (primary N) is 2. The van der Waals surface area contributed by atoms with Crippen molar-refractivity contribution >= 4 is 17.4 Å². The Labute approximate surface area is 89.9 Å². The lowest BCUT2D eigenvalue weighted by molar-refractivity contribution is 0.171. The van der Waals surface area contributed by atoms with Gasteiger partial charge >= 0.3 is 0 Å². The summed E-state index contributed by atoms with van der Waals surface area (Å²) in [7, 11) is 0. The first-order valence-electron chi connectivity index (χ1n) is 4.34. The Balaban J connectivity index is 2.41. The van der Waals surface area contributed by atoms with E-state index in [0.29, 0.717) is 0 Å². The molecule has 0 spiro atoms. The molecular formula is C8H9N7O. The first kappa shape index (κ1) is 9.90. The maximum atomic E-state index is 9.35. The van der Waals surface area contributed by atoms with E-state index in [1.165, 1.54) is 6.20 Å². The van der Waals surface area contributed by atoms with Crippen LogP contribution in [0.4, 0.5) is 0 Å². The van der Waals surface area contributed by atoms with Crippen molar-refractivity contribution in [3.63, 3.8) is 0 Å². The van der Waals surface area contributed by atoms with Crippen molar-refractivity contribution in [1.82, 2.24) is 4.73 Å². The summed E-state index contributed by atoms with van der Waals surface area (Å²) in [4.78, 5) is 0. The number of rotatable bonds is 1. The Hall–Kier alpha value is -2.64. The normalized spacial score (nSPS) is 16.0. The van der Waals surface area contributed by atoms with E-state index in [-0.39, 0.29) is 22.9 Å². The molecular weight excluding hydrogens is 210 g/mol. The van der Waals surface area contributed by atoms with Gasteiger partial charge in [-0.05, 0) is 12.1 Å². The third kappa shape index (κ3) is 1.75. The molecule has 1 aliphatic heterocycles. The van der Waals surface area contributed by atoms with Gasteiger partial charge in [0.1, 0.15) is 0 Å². The molecule has 82 valence electrons. The molecule has 0 atom stereocenters. The van der Waals surface area contributed by atoms with Crippen LogP contribution in [0.15, 0.2) is 44.8 Å². The summed E-state index contributed by atoms with van der Waals surface area (Å²) in [6.07, 6.45) is 1.42. The van der Waals surface area contributed by atoms with Gasteiger partial charge in [0.15, 0.2) is 22.9 Å². The van der Waals surface area contributed by atoms with Gasteiger partial charge in [0.05, 0.1) is 0 Å². The van der Waals surface area contributed by atoms with Crippen LogP contribution in [0.3, 0.4) is 0 Å². The Morgan fingerprint density at radius 3 is 2.44 bits per heavy atom. The number of amidine groups is 2. The second-order valence-corrected chi connectivity index (χ2v) is 2.92. The highest BCUT2D eigenvalue weighted by Crippen LogP contribution is 1.92. The number of pyridine rings is 1. The van der Waals surface area contributed by atoms with Crippen LogP contribution in [0, 0.1) is 0 Å². The first-order chi connectivity index (χ1) is 7.68. The van der Waals surface area contributed by atoms with Gasteiger partial charge in [0, 0.05) is 6.20 Å². The molecule has 0 aliphatic carbocycles. The Bertz CT molecular complexity index is 546. The lowest BCUT2D eigenvalue weighted by Crippen LogP contribution is -2.32. The predicted molar refractivity (Wildman–Crippen MR) is 57.9 cm³/mol. The van der Waals surface area contributed by atoms with Gasteiger partial charge in [-0.2, -0.15) is 4.73 Å². The minimum Gasteiger partial charge on any atom is -0.427 e. The molecule has 1 aliphatic rings. The van der Waals surface area contributed by atoms with E-state index in [4.69, 9.17) is 11.5 Å². The molecule has 0 saturated heterocycles. The van der Waals surface area contributed by atoms with Gasteiger partial charge in [0.2, 0.25) is 0 Å². The minimum absolute atomic E-state index is 0.0988. The van der Waals surface area contributed by atoms with Crippen molar-refractivity contribution in [1.29, 1.82) is 0 Å². The fraction of sp³-hybridized carbons (Fsp3) is 0. The van der Waals surface area contributed by atoms with Crippen molar-refractivity contribution in [3.05, 3.63) is 29.9 Å². The van der Waals surface area contributed by atoms with E-state index in [1.807, 2.05) is 0 Å². The van der Waals surface area contributed by atoms with Crippen LogP contribution in [0.25, 0.3) is 0 Å². The highest BCUT2D eigenvalue weighted by molar-refractivity contribution is 6.68. The maximum Gasteiger partial charge on any atom is 0.189 e. The van der Waals surface area contributed by atoms with Crippen LogP contribution in [0.2, 0.25) is 0 Å². The number of hydrogen-bond donors (Lipinski definition) is 3. The molecule has 8 heteroatoms. The quantitative estimate of drug-likeness (QED) is 0.398. The zero-order valence-corrected chi connectivity index (χ0v) is 8.15. The molecule has 5 N–H and O–H groups in total. The zero-order chi connectivity index (χ0) is 11.5. The van der Waals surface area contributed by atoms with Gasteiger partial charge in [-0.1, -0.05) is 6.07 Å². The van der Waals surface area contributed by atoms with Crippen molar-refractivity contribution in [2.75, 3.05) is 0 Å². The molecule has 0 unspecified atom stereocenters. The first-order valence-corrected chi connectivity index (χ1v) is 4.34. The van der Waals surface area contributed by atoms with Crippen molar-refractivity contribution in [3.8, 4) is 0 Å². The molecule has 2 heterocycles. The Morgan fingerprint density at radius 1 is 1.12 bits per heavy atom. The number of nitrogens with zero attached hydrogens (tertiary/aromatic N) is 5. The summed E-state index contributed by atoms with van der Waals surface area (Å²) in [6, 6.07) is 4.92. The Kier molecular flexibility index (Phi) is 2.38. The fourth-order valence-electron chi connectivity index (χ4n) is 1.04. The largest absolute Gasteiger partial charge is 0.427 e. The van der Waals surface area contributed by atoms with Crippen LogP contribution >= 0.6 is 0 Å². The molecule has 1 aromatic rings. The van der Waals surface area contributed by atoms with Crippen molar-refractivity contribution in [2.45, 2.75) is 0 Å². The highest BCUT2D eigenvalue weighted by Gasteiger charge is 2.15. The third-order valence-corrected chi connectivity index (χ3v) is 1.82. The van der Waals surface area contributed by atoms with Crippen LogP contribution in [-0.2, 0) is 0 Å². The predicted octanol–water partition coefficient (Wildman–Crippen LogP) is -1.37. The van der Waals surface area contributed by atoms with E-state index in [1.54, 1.807) is 18.2 Å². The van der Waals surface area contributed by atoms with Gasteiger partial charge in [-0.3, -0.25) is 0 Å². The van der Waals surface area contributed by atoms with Gasteiger partial charge in [-0.15, -0.1) is 20.4 Å². The summed E-state index contributed by atoms with van der Waals surface area (Å²) in [5, 5.41) is 23.9. The summed E-state index contributed by atoms with van der Waals surface area (Å²) >= 11 is 0. The molecule has 2 rings (SSSR count). The van der Waals surface area contributed by atoms with E-state index in [2.05, 4.69) is 20.4 Å². The van der Waals surface area contributed by atoms with E-state index in [0.717, 1.165) is 4.73 Å². The van der Waals surface area contributed by atoms with E-state index in [9.17, 15) is 5.21 Å². The van der Waals surface area contributed by atoms with E-state index < -0.39 is 0 Å². The second-order valence-electron chi connectivity index (χ2n) is 2.92. The Morgan fingerprint density at radius 2 is 1.81 bits per heavy atom. The monoisotopic (exact) mass is 219 g/mol. The molecule has 16 heavy (non-hydrogen) atoms. The molecule has 0 fully saturated rings. The SMILES string of the molecule is NC1=NN=C(N)C1=N/N=c1\ccccn1O. The number of hydrogen-bond acceptors (Lipinski definition) is 7. The van der Waals surface area contributed by atoms with E-state index >= 15 is 0 Å². The highest BCUT2D eigenvalue weighted by atomic mass is 16.5. The molecule has 8 nitrogen and oxygen atoms in total. The van der Waals surface area contributed by atoms with Gasteiger partial charge in [0.25, 0.3) is 0 Å². The topological polar surface area (TPSA) is 127 Å². The average Bonchev–Trinajstić information content (AvgIpc) is 2.58.